The van der Waals surface area contributed by atoms with Crippen molar-refractivity contribution >= 4 is 29.9 Å². The van der Waals surface area contributed by atoms with Crippen LogP contribution in [0.4, 0.5) is 0 Å². The Balaban J connectivity index is 0.00000288. The molecule has 0 spiro atoms. The number of benzene rings is 1. The fourth-order valence-electron chi connectivity index (χ4n) is 2.26. The summed E-state index contributed by atoms with van der Waals surface area (Å²) in [4.78, 5) is 6.81. The van der Waals surface area contributed by atoms with E-state index in [1.165, 1.54) is 5.56 Å². The summed E-state index contributed by atoms with van der Waals surface area (Å²) in [6.45, 7) is 4.28. The molecule has 0 aliphatic carbocycles. The number of halogens is 1. The van der Waals surface area contributed by atoms with E-state index in [1.54, 1.807) is 13.3 Å². The molecule has 2 aromatic rings. The molecule has 0 saturated carbocycles. The second-order valence-corrected chi connectivity index (χ2v) is 5.32. The van der Waals surface area contributed by atoms with Crippen molar-refractivity contribution in [2.24, 2.45) is 12.0 Å². The fourth-order valence-corrected chi connectivity index (χ4v) is 2.26. The van der Waals surface area contributed by atoms with Crippen molar-refractivity contribution in [3.63, 3.8) is 0 Å². The molecule has 6 nitrogen and oxygen atoms in total. The molecule has 132 valence electrons. The number of nitrogens with zero attached hydrogens (tertiary/aromatic N) is 4. The van der Waals surface area contributed by atoms with Gasteiger partial charge >= 0.3 is 0 Å². The molecule has 1 heterocycles. The smallest absolute Gasteiger partial charge is 0.194 e. The Bertz CT molecular complexity index is 639. The predicted molar refractivity (Wildman–Crippen MR) is 108 cm³/mol. The van der Waals surface area contributed by atoms with Gasteiger partial charge in [-0.1, -0.05) is 12.1 Å². The molecule has 24 heavy (non-hydrogen) atoms. The third-order valence-corrected chi connectivity index (χ3v) is 3.59. The van der Waals surface area contributed by atoms with E-state index in [-0.39, 0.29) is 24.0 Å². The van der Waals surface area contributed by atoms with E-state index in [4.69, 9.17) is 9.73 Å². The van der Waals surface area contributed by atoms with Crippen LogP contribution in [-0.2, 0) is 20.1 Å². The Labute approximate surface area is 160 Å². The molecule has 2 rings (SSSR count). The van der Waals surface area contributed by atoms with Gasteiger partial charge in [-0.15, -0.1) is 24.0 Å². The molecule has 1 N–H and O–H groups in total. The largest absolute Gasteiger partial charge is 0.497 e. The fraction of sp³-hybridized carbons (Fsp3) is 0.412. The van der Waals surface area contributed by atoms with Crippen LogP contribution < -0.4 is 10.1 Å². The van der Waals surface area contributed by atoms with E-state index in [1.807, 2.05) is 37.0 Å². The van der Waals surface area contributed by atoms with E-state index in [0.717, 1.165) is 30.5 Å². The Morgan fingerprint density at radius 2 is 2.00 bits per heavy atom. The summed E-state index contributed by atoms with van der Waals surface area (Å²) in [5, 5.41) is 7.50. The third kappa shape index (κ3) is 5.70. The first kappa shape index (κ1) is 20.3. The summed E-state index contributed by atoms with van der Waals surface area (Å²) >= 11 is 0. The molecule has 0 aliphatic rings. The molecule has 0 atom stereocenters. The molecule has 0 aliphatic heterocycles. The maximum atomic E-state index is 5.19. The number of ether oxygens (including phenoxy) is 1. The Morgan fingerprint density at radius 1 is 1.29 bits per heavy atom. The predicted octanol–water partition coefficient (Wildman–Crippen LogP) is 2.64. The highest BCUT2D eigenvalue weighted by molar-refractivity contribution is 14.0. The quantitative estimate of drug-likeness (QED) is 0.424. The lowest BCUT2D eigenvalue weighted by Gasteiger charge is -2.22. The topological polar surface area (TPSA) is 54.7 Å². The highest BCUT2D eigenvalue weighted by Crippen LogP contribution is 2.12. The Morgan fingerprint density at radius 3 is 2.54 bits per heavy atom. The summed E-state index contributed by atoms with van der Waals surface area (Å²) in [5.74, 6) is 1.75. The number of guanidine groups is 1. The molecule has 1 aromatic carbocycles. The normalized spacial score (nSPS) is 10.9. The second-order valence-electron chi connectivity index (χ2n) is 5.32. The lowest BCUT2D eigenvalue weighted by molar-refractivity contribution is 0.414. The van der Waals surface area contributed by atoms with Crippen molar-refractivity contribution in [3.8, 4) is 5.75 Å². The van der Waals surface area contributed by atoms with Crippen molar-refractivity contribution in [1.29, 1.82) is 0 Å². The number of hydrogen-bond acceptors (Lipinski definition) is 3. The van der Waals surface area contributed by atoms with Crippen molar-refractivity contribution in [2.75, 3.05) is 20.7 Å². The first-order valence-electron chi connectivity index (χ1n) is 7.73. The van der Waals surface area contributed by atoms with Gasteiger partial charge in [-0.2, -0.15) is 5.10 Å². The molecule has 7 heteroatoms. The molecule has 0 saturated heterocycles. The van der Waals surface area contributed by atoms with Crippen molar-refractivity contribution < 1.29 is 4.74 Å². The molecule has 0 fully saturated rings. The van der Waals surface area contributed by atoms with Gasteiger partial charge in [0, 0.05) is 33.4 Å². The van der Waals surface area contributed by atoms with Gasteiger partial charge < -0.3 is 15.0 Å². The molecule has 0 unspecified atom stereocenters. The number of aryl methyl sites for hydroxylation is 1. The van der Waals surface area contributed by atoms with Crippen LogP contribution in [0.15, 0.2) is 41.5 Å². The van der Waals surface area contributed by atoms with Gasteiger partial charge in [0.2, 0.25) is 0 Å². The van der Waals surface area contributed by atoms with E-state index in [0.29, 0.717) is 6.54 Å². The van der Waals surface area contributed by atoms with Gasteiger partial charge in [0.25, 0.3) is 0 Å². The van der Waals surface area contributed by atoms with Crippen LogP contribution in [0.2, 0.25) is 0 Å². The zero-order chi connectivity index (χ0) is 16.7. The number of hydrogen-bond donors (Lipinski definition) is 1. The number of methoxy groups -OCH3 is 1. The second kappa shape index (κ2) is 10.2. The maximum Gasteiger partial charge on any atom is 0.194 e. The monoisotopic (exact) mass is 443 g/mol. The summed E-state index contributed by atoms with van der Waals surface area (Å²) in [6.07, 6.45) is 1.79. The molecule has 0 bridgehead atoms. The van der Waals surface area contributed by atoms with E-state index in [2.05, 4.69) is 34.4 Å². The summed E-state index contributed by atoms with van der Waals surface area (Å²) in [7, 11) is 5.64. The van der Waals surface area contributed by atoms with Crippen LogP contribution in [0.3, 0.4) is 0 Å². The average molecular weight is 443 g/mol. The summed E-state index contributed by atoms with van der Waals surface area (Å²) in [5.41, 5.74) is 2.29. The third-order valence-electron chi connectivity index (χ3n) is 3.59. The van der Waals surface area contributed by atoms with Crippen LogP contribution in [-0.4, -0.2) is 41.3 Å². The molecule has 0 radical (unpaired) electrons. The highest BCUT2D eigenvalue weighted by atomic mass is 127. The van der Waals surface area contributed by atoms with Crippen LogP contribution in [0.25, 0.3) is 0 Å². The number of nitrogens with one attached hydrogen (secondary N) is 1. The lowest BCUT2D eigenvalue weighted by atomic mass is 10.2. The number of aromatic nitrogens is 2. The zero-order valence-corrected chi connectivity index (χ0v) is 17.0. The zero-order valence-electron chi connectivity index (χ0n) is 14.7. The first-order valence-corrected chi connectivity index (χ1v) is 7.73. The van der Waals surface area contributed by atoms with Gasteiger partial charge in [0.05, 0.1) is 19.3 Å². The average Bonchev–Trinajstić information content (AvgIpc) is 2.97. The van der Waals surface area contributed by atoms with Crippen molar-refractivity contribution in [2.45, 2.75) is 20.0 Å². The van der Waals surface area contributed by atoms with Gasteiger partial charge in [0.15, 0.2) is 5.96 Å². The molecule has 1 aromatic heterocycles. The van der Waals surface area contributed by atoms with Gasteiger partial charge in [0.1, 0.15) is 5.75 Å². The summed E-state index contributed by atoms with van der Waals surface area (Å²) < 4.78 is 7.04. The van der Waals surface area contributed by atoms with Crippen LogP contribution in [0.5, 0.6) is 5.75 Å². The molecular formula is C17H26IN5O. The van der Waals surface area contributed by atoms with Crippen molar-refractivity contribution in [3.05, 3.63) is 47.8 Å². The van der Waals surface area contributed by atoms with Crippen LogP contribution in [0, 0.1) is 0 Å². The minimum Gasteiger partial charge on any atom is -0.497 e. The Hall–Kier alpha value is -1.77. The van der Waals surface area contributed by atoms with Gasteiger partial charge in [-0.3, -0.25) is 4.68 Å². The van der Waals surface area contributed by atoms with Gasteiger partial charge in [-0.25, -0.2) is 4.99 Å². The summed E-state index contributed by atoms with van der Waals surface area (Å²) in [6, 6.07) is 10.1. The SMILES string of the molecule is CCNC(=NCc1ccnn1C)N(C)Cc1ccc(OC)cc1.I. The number of rotatable bonds is 6. The minimum absolute atomic E-state index is 0. The first-order chi connectivity index (χ1) is 11.1. The van der Waals surface area contributed by atoms with E-state index >= 15 is 0 Å². The highest BCUT2D eigenvalue weighted by Gasteiger charge is 2.07. The van der Waals surface area contributed by atoms with E-state index in [9.17, 15) is 0 Å². The van der Waals surface area contributed by atoms with E-state index < -0.39 is 0 Å². The lowest BCUT2D eigenvalue weighted by Crippen LogP contribution is -2.38. The van der Waals surface area contributed by atoms with Crippen LogP contribution in [0.1, 0.15) is 18.2 Å². The van der Waals surface area contributed by atoms with Gasteiger partial charge in [-0.05, 0) is 30.7 Å². The van der Waals surface area contributed by atoms with Crippen molar-refractivity contribution in [1.82, 2.24) is 20.0 Å². The number of aliphatic imine (C=N–C) groups is 1. The Kier molecular flexibility index (Phi) is 8.59. The standard InChI is InChI=1S/C17H25N5O.HI/c1-5-18-17(19-12-15-10-11-20-22(15)3)21(2)13-14-6-8-16(23-4)9-7-14;/h6-11H,5,12-13H2,1-4H3,(H,18,19);1H. The minimum atomic E-state index is 0. The van der Waals surface area contributed by atoms with Crippen LogP contribution >= 0.6 is 24.0 Å². The molecule has 0 amide bonds. The molecular weight excluding hydrogens is 417 g/mol. The maximum absolute atomic E-state index is 5.19.